The van der Waals surface area contributed by atoms with Gasteiger partial charge in [0.15, 0.2) is 0 Å². The first kappa shape index (κ1) is 8.33. The standard InChI is InChI=1S/C11H16N2O/c1-11(8-2-3-8,9-4-5-9)13-7-6-12-10(13)14/h6-9H,2-5H2,1H3,(H,12,14). The van der Waals surface area contributed by atoms with Gasteiger partial charge in [-0.25, -0.2) is 4.79 Å². The molecule has 1 aromatic heterocycles. The number of nitrogens with zero attached hydrogens (tertiary/aromatic N) is 1. The highest BCUT2D eigenvalue weighted by molar-refractivity contribution is 5.06. The summed E-state index contributed by atoms with van der Waals surface area (Å²) in [6.07, 6.45) is 8.86. The van der Waals surface area contributed by atoms with E-state index in [1.54, 1.807) is 6.20 Å². The molecule has 0 spiro atoms. The van der Waals surface area contributed by atoms with E-state index in [4.69, 9.17) is 0 Å². The average Bonchev–Trinajstić information content (AvgIpc) is 3.00. The summed E-state index contributed by atoms with van der Waals surface area (Å²) in [5, 5.41) is 0. The molecule has 0 unspecified atom stereocenters. The van der Waals surface area contributed by atoms with Gasteiger partial charge >= 0.3 is 5.69 Å². The highest BCUT2D eigenvalue weighted by atomic mass is 16.1. The largest absolute Gasteiger partial charge is 0.326 e. The van der Waals surface area contributed by atoms with Crippen molar-refractivity contribution in [3.05, 3.63) is 22.9 Å². The van der Waals surface area contributed by atoms with Gasteiger partial charge in [0, 0.05) is 12.4 Å². The maximum atomic E-state index is 11.6. The van der Waals surface area contributed by atoms with Gasteiger partial charge in [-0.15, -0.1) is 0 Å². The van der Waals surface area contributed by atoms with Gasteiger partial charge in [0.25, 0.3) is 0 Å². The first-order chi connectivity index (χ1) is 6.73. The molecule has 3 nitrogen and oxygen atoms in total. The molecule has 0 atom stereocenters. The Morgan fingerprint density at radius 1 is 1.36 bits per heavy atom. The molecule has 1 aromatic rings. The summed E-state index contributed by atoms with van der Waals surface area (Å²) in [6, 6.07) is 0. The fourth-order valence-electron chi connectivity index (χ4n) is 2.76. The second-order valence-electron chi connectivity index (χ2n) is 4.91. The molecule has 76 valence electrons. The van der Waals surface area contributed by atoms with Gasteiger partial charge in [0.05, 0.1) is 5.54 Å². The smallest absolute Gasteiger partial charge is 0.313 e. The van der Waals surface area contributed by atoms with Crippen LogP contribution in [0.15, 0.2) is 17.2 Å². The van der Waals surface area contributed by atoms with Crippen LogP contribution >= 0.6 is 0 Å². The quantitative estimate of drug-likeness (QED) is 0.777. The van der Waals surface area contributed by atoms with E-state index in [9.17, 15) is 4.79 Å². The zero-order valence-electron chi connectivity index (χ0n) is 8.49. The Morgan fingerprint density at radius 2 is 1.93 bits per heavy atom. The van der Waals surface area contributed by atoms with Crippen molar-refractivity contribution in [2.24, 2.45) is 11.8 Å². The van der Waals surface area contributed by atoms with Crippen LogP contribution in [0.3, 0.4) is 0 Å². The molecule has 0 bridgehead atoms. The summed E-state index contributed by atoms with van der Waals surface area (Å²) in [4.78, 5) is 14.4. The normalized spacial score (nSPS) is 22.6. The topological polar surface area (TPSA) is 37.8 Å². The fourth-order valence-corrected chi connectivity index (χ4v) is 2.76. The Morgan fingerprint density at radius 3 is 2.29 bits per heavy atom. The van der Waals surface area contributed by atoms with E-state index in [1.165, 1.54) is 25.7 Å². The molecular formula is C11H16N2O. The Labute approximate surface area is 83.1 Å². The number of hydrogen-bond acceptors (Lipinski definition) is 1. The highest BCUT2D eigenvalue weighted by Gasteiger charge is 2.52. The number of H-pyrrole nitrogens is 1. The molecule has 1 N–H and O–H groups in total. The lowest BCUT2D eigenvalue weighted by atomic mass is 9.89. The Kier molecular flexibility index (Phi) is 1.50. The van der Waals surface area contributed by atoms with E-state index in [1.807, 2.05) is 10.8 Å². The molecule has 14 heavy (non-hydrogen) atoms. The van der Waals surface area contributed by atoms with Gasteiger partial charge in [-0.1, -0.05) is 0 Å². The summed E-state index contributed by atoms with van der Waals surface area (Å²) in [7, 11) is 0. The van der Waals surface area contributed by atoms with Crippen molar-refractivity contribution < 1.29 is 0 Å². The van der Waals surface area contributed by atoms with Crippen molar-refractivity contribution in [2.75, 3.05) is 0 Å². The van der Waals surface area contributed by atoms with Crippen molar-refractivity contribution in [3.8, 4) is 0 Å². The highest BCUT2D eigenvalue weighted by Crippen LogP contribution is 2.55. The van der Waals surface area contributed by atoms with Gasteiger partial charge in [0.2, 0.25) is 0 Å². The average molecular weight is 192 g/mol. The van der Waals surface area contributed by atoms with Crippen LogP contribution in [0.1, 0.15) is 32.6 Å². The van der Waals surface area contributed by atoms with Crippen LogP contribution in [0.25, 0.3) is 0 Å². The fraction of sp³-hybridized carbons (Fsp3) is 0.727. The molecular weight excluding hydrogens is 176 g/mol. The van der Waals surface area contributed by atoms with Crippen LogP contribution < -0.4 is 5.69 Å². The number of aromatic amines is 1. The predicted octanol–water partition coefficient (Wildman–Crippen LogP) is 1.71. The summed E-state index contributed by atoms with van der Waals surface area (Å²) in [5.41, 5.74) is 0.170. The monoisotopic (exact) mass is 192 g/mol. The van der Waals surface area contributed by atoms with Crippen LogP contribution in [-0.4, -0.2) is 9.55 Å². The molecule has 2 saturated carbocycles. The summed E-state index contributed by atoms with van der Waals surface area (Å²) in [5.74, 6) is 1.48. The van der Waals surface area contributed by atoms with Gasteiger partial charge in [-0.05, 0) is 44.4 Å². The molecule has 2 fully saturated rings. The lowest BCUT2D eigenvalue weighted by Gasteiger charge is -2.30. The second kappa shape index (κ2) is 2.53. The second-order valence-corrected chi connectivity index (χ2v) is 4.91. The molecule has 0 saturated heterocycles. The minimum atomic E-state index is 0.0614. The lowest BCUT2D eigenvalue weighted by molar-refractivity contribution is 0.221. The van der Waals surface area contributed by atoms with Gasteiger partial charge in [0.1, 0.15) is 0 Å². The van der Waals surface area contributed by atoms with Gasteiger partial charge in [-0.3, -0.25) is 4.57 Å². The third-order valence-corrected chi connectivity index (χ3v) is 3.98. The maximum Gasteiger partial charge on any atom is 0.326 e. The molecule has 0 amide bonds. The molecule has 2 aliphatic rings. The summed E-state index contributed by atoms with van der Waals surface area (Å²) < 4.78 is 1.93. The Hall–Kier alpha value is -0.990. The number of hydrogen-bond donors (Lipinski definition) is 1. The maximum absolute atomic E-state index is 11.6. The van der Waals surface area contributed by atoms with Crippen molar-refractivity contribution in [3.63, 3.8) is 0 Å². The van der Waals surface area contributed by atoms with Crippen LogP contribution in [0, 0.1) is 11.8 Å². The van der Waals surface area contributed by atoms with Crippen LogP contribution in [0.5, 0.6) is 0 Å². The van der Waals surface area contributed by atoms with Gasteiger partial charge < -0.3 is 4.98 Å². The summed E-state index contributed by atoms with van der Waals surface area (Å²) in [6.45, 7) is 2.26. The van der Waals surface area contributed by atoms with Crippen molar-refractivity contribution in [1.29, 1.82) is 0 Å². The van der Waals surface area contributed by atoms with E-state index in [2.05, 4.69) is 11.9 Å². The molecule has 0 aromatic carbocycles. The van der Waals surface area contributed by atoms with E-state index in [-0.39, 0.29) is 11.2 Å². The van der Waals surface area contributed by atoms with E-state index in [0.717, 1.165) is 11.8 Å². The molecule has 0 radical (unpaired) electrons. The Balaban J connectivity index is 2.06. The first-order valence-electron chi connectivity index (χ1n) is 5.49. The third-order valence-electron chi connectivity index (χ3n) is 3.98. The SMILES string of the molecule is CC(C1CC1)(C1CC1)n1cc[nH]c1=O. The zero-order valence-corrected chi connectivity index (χ0v) is 8.49. The van der Waals surface area contributed by atoms with E-state index < -0.39 is 0 Å². The minimum absolute atomic E-state index is 0.0614. The minimum Gasteiger partial charge on any atom is -0.313 e. The molecule has 2 aliphatic carbocycles. The van der Waals surface area contributed by atoms with Crippen LogP contribution in [-0.2, 0) is 5.54 Å². The Bertz CT molecular complexity index is 383. The molecule has 3 rings (SSSR count). The summed E-state index contributed by atoms with van der Waals surface area (Å²) >= 11 is 0. The van der Waals surface area contributed by atoms with E-state index >= 15 is 0 Å². The van der Waals surface area contributed by atoms with Gasteiger partial charge in [-0.2, -0.15) is 0 Å². The predicted molar refractivity (Wildman–Crippen MR) is 54.1 cm³/mol. The van der Waals surface area contributed by atoms with E-state index in [0.29, 0.717) is 0 Å². The van der Waals surface area contributed by atoms with Crippen LogP contribution in [0.4, 0.5) is 0 Å². The molecule has 3 heteroatoms. The van der Waals surface area contributed by atoms with Crippen molar-refractivity contribution >= 4 is 0 Å². The molecule has 1 heterocycles. The van der Waals surface area contributed by atoms with Crippen LogP contribution in [0.2, 0.25) is 0 Å². The van der Waals surface area contributed by atoms with Crippen molar-refractivity contribution in [2.45, 2.75) is 38.1 Å². The molecule has 0 aliphatic heterocycles. The number of imidazole rings is 1. The lowest BCUT2D eigenvalue weighted by Crippen LogP contribution is -2.40. The number of rotatable bonds is 3. The number of aromatic nitrogens is 2. The first-order valence-corrected chi connectivity index (χ1v) is 5.49. The number of nitrogens with one attached hydrogen (secondary N) is 1. The zero-order chi connectivity index (χ0) is 9.76. The van der Waals surface area contributed by atoms with Crippen molar-refractivity contribution in [1.82, 2.24) is 9.55 Å². The third kappa shape index (κ3) is 1.01.